The van der Waals surface area contributed by atoms with Crippen molar-refractivity contribution in [3.63, 3.8) is 0 Å². The van der Waals surface area contributed by atoms with E-state index in [1.165, 1.54) is 12.0 Å². The summed E-state index contributed by atoms with van der Waals surface area (Å²) in [6.45, 7) is 3.77. The van der Waals surface area contributed by atoms with Gasteiger partial charge in [0.1, 0.15) is 5.75 Å². The number of aromatic nitrogens is 2. The molecule has 2 atom stereocenters. The smallest absolute Gasteiger partial charge is 0.222 e. The summed E-state index contributed by atoms with van der Waals surface area (Å²) in [5.41, 5.74) is 1.27. The Morgan fingerprint density at radius 3 is 2.85 bits per heavy atom. The quantitative estimate of drug-likeness (QED) is 0.891. The first-order valence-electron chi connectivity index (χ1n) is 9.27. The maximum atomic E-state index is 6.29. The number of nitrogens with one attached hydrogen (secondary N) is 1. The van der Waals surface area contributed by atoms with Crippen molar-refractivity contribution in [3.05, 3.63) is 48.3 Å². The number of piperidine rings is 1. The largest absolute Gasteiger partial charge is 0.497 e. The van der Waals surface area contributed by atoms with E-state index >= 15 is 0 Å². The first-order valence-corrected chi connectivity index (χ1v) is 9.27. The molecule has 0 saturated carbocycles. The van der Waals surface area contributed by atoms with Gasteiger partial charge in [0.05, 0.1) is 25.4 Å². The van der Waals surface area contributed by atoms with Crippen molar-refractivity contribution in [3.8, 4) is 5.75 Å². The second-order valence-electron chi connectivity index (χ2n) is 7.27. The molecule has 2 fully saturated rings. The molecule has 2 aliphatic rings. The van der Waals surface area contributed by atoms with Gasteiger partial charge in [-0.1, -0.05) is 12.1 Å². The van der Waals surface area contributed by atoms with E-state index in [2.05, 4.69) is 32.3 Å². The Balaban J connectivity index is 1.35. The van der Waals surface area contributed by atoms with Crippen LogP contribution in [0.15, 0.2) is 42.7 Å². The van der Waals surface area contributed by atoms with Crippen molar-refractivity contribution < 1.29 is 9.47 Å². The number of hydrogen-bond acceptors (Lipinski definition) is 6. The molecule has 0 bridgehead atoms. The van der Waals surface area contributed by atoms with Crippen LogP contribution in [0.3, 0.4) is 0 Å². The summed E-state index contributed by atoms with van der Waals surface area (Å²) in [5, 5.41) is 3.41. The van der Waals surface area contributed by atoms with E-state index in [4.69, 9.17) is 9.47 Å². The van der Waals surface area contributed by atoms with Crippen molar-refractivity contribution in [2.45, 2.75) is 37.5 Å². The van der Waals surface area contributed by atoms with Gasteiger partial charge in [0.2, 0.25) is 5.95 Å². The first kappa shape index (κ1) is 17.2. The highest BCUT2D eigenvalue weighted by atomic mass is 16.5. The van der Waals surface area contributed by atoms with Crippen LogP contribution in [-0.2, 0) is 11.3 Å². The zero-order valence-electron chi connectivity index (χ0n) is 15.2. The summed E-state index contributed by atoms with van der Waals surface area (Å²) in [5.74, 6) is 1.59. The first-order chi connectivity index (χ1) is 12.7. The molecule has 6 heteroatoms. The van der Waals surface area contributed by atoms with Crippen molar-refractivity contribution in [2.75, 3.05) is 32.1 Å². The fourth-order valence-electron chi connectivity index (χ4n) is 4.09. The fraction of sp³-hybridized carbons (Fsp3) is 0.500. The number of benzene rings is 1. The van der Waals surface area contributed by atoms with Crippen LogP contribution in [-0.4, -0.2) is 53.3 Å². The van der Waals surface area contributed by atoms with Crippen LogP contribution in [0, 0.1) is 0 Å². The molecular formula is C20H26N4O2. The SMILES string of the molecule is COc1ccc(CN2CCC[C@]3(C[C@@H](Nc4ncccn4)CO3)C2)cc1. The van der Waals surface area contributed by atoms with Gasteiger partial charge in [-0.15, -0.1) is 0 Å². The molecule has 4 rings (SSSR count). The highest BCUT2D eigenvalue weighted by Crippen LogP contribution is 2.36. The minimum absolute atomic E-state index is 0.0445. The molecule has 138 valence electrons. The summed E-state index contributed by atoms with van der Waals surface area (Å²) < 4.78 is 11.5. The molecule has 1 N–H and O–H groups in total. The highest BCUT2D eigenvalue weighted by molar-refractivity contribution is 5.27. The molecule has 2 saturated heterocycles. The van der Waals surface area contributed by atoms with Gasteiger partial charge in [-0.05, 0) is 43.1 Å². The lowest BCUT2D eigenvalue weighted by molar-refractivity contribution is -0.0533. The Kier molecular flexibility index (Phi) is 5.04. The number of ether oxygens (including phenoxy) is 2. The normalized spacial score (nSPS) is 26.1. The van der Waals surface area contributed by atoms with Crippen LogP contribution in [0.1, 0.15) is 24.8 Å². The summed E-state index contributed by atoms with van der Waals surface area (Å²) in [7, 11) is 1.70. The number of likely N-dealkylation sites (tertiary alicyclic amines) is 1. The third kappa shape index (κ3) is 3.97. The standard InChI is InChI=1S/C20H26N4O2/c1-25-18-6-4-16(5-7-18)13-24-11-2-8-20(15-24)12-17(14-26-20)23-19-21-9-3-10-22-19/h3-7,9-10,17H,2,8,11-15H2,1H3,(H,21,22,23)/t17-,20+/m1/s1. The van der Waals surface area contributed by atoms with Crippen molar-refractivity contribution in [2.24, 2.45) is 0 Å². The van der Waals surface area contributed by atoms with Gasteiger partial charge < -0.3 is 14.8 Å². The van der Waals surface area contributed by atoms with Crippen LogP contribution >= 0.6 is 0 Å². The predicted octanol–water partition coefficient (Wildman–Crippen LogP) is 2.72. The van der Waals surface area contributed by atoms with Gasteiger partial charge in [0.15, 0.2) is 0 Å². The molecule has 1 aromatic carbocycles. The molecule has 2 aromatic rings. The Bertz CT molecular complexity index is 710. The van der Waals surface area contributed by atoms with Crippen LogP contribution < -0.4 is 10.1 Å². The molecule has 6 nitrogen and oxygen atoms in total. The van der Waals surface area contributed by atoms with Crippen LogP contribution in [0.2, 0.25) is 0 Å². The van der Waals surface area contributed by atoms with Crippen LogP contribution in [0.25, 0.3) is 0 Å². The molecule has 0 unspecified atom stereocenters. The second kappa shape index (κ2) is 7.60. The topological polar surface area (TPSA) is 59.5 Å². The van der Waals surface area contributed by atoms with Gasteiger partial charge in [-0.2, -0.15) is 0 Å². The van der Waals surface area contributed by atoms with E-state index < -0.39 is 0 Å². The second-order valence-corrected chi connectivity index (χ2v) is 7.27. The third-order valence-corrected chi connectivity index (χ3v) is 5.29. The number of methoxy groups -OCH3 is 1. The fourth-order valence-corrected chi connectivity index (χ4v) is 4.09. The zero-order valence-corrected chi connectivity index (χ0v) is 15.2. The number of nitrogens with zero attached hydrogens (tertiary/aromatic N) is 3. The van der Waals surface area contributed by atoms with Gasteiger partial charge in [-0.3, -0.25) is 4.90 Å². The molecule has 1 spiro atoms. The Labute approximate surface area is 154 Å². The van der Waals surface area contributed by atoms with Crippen LogP contribution in [0.5, 0.6) is 5.75 Å². The van der Waals surface area contributed by atoms with E-state index in [9.17, 15) is 0 Å². The Morgan fingerprint density at radius 2 is 2.08 bits per heavy atom. The monoisotopic (exact) mass is 354 g/mol. The molecule has 2 aliphatic heterocycles. The van der Waals surface area contributed by atoms with Crippen molar-refractivity contribution >= 4 is 5.95 Å². The van der Waals surface area contributed by atoms with E-state index in [1.54, 1.807) is 19.5 Å². The lowest BCUT2D eigenvalue weighted by Gasteiger charge is -2.39. The molecule has 3 heterocycles. The highest BCUT2D eigenvalue weighted by Gasteiger charge is 2.43. The predicted molar refractivity (Wildman–Crippen MR) is 100 cm³/mol. The zero-order chi connectivity index (χ0) is 17.8. The third-order valence-electron chi connectivity index (χ3n) is 5.29. The minimum atomic E-state index is -0.0445. The van der Waals surface area contributed by atoms with Crippen molar-refractivity contribution in [1.82, 2.24) is 14.9 Å². The van der Waals surface area contributed by atoms with Crippen LogP contribution in [0.4, 0.5) is 5.95 Å². The summed E-state index contributed by atoms with van der Waals surface area (Å²) in [4.78, 5) is 11.0. The number of anilines is 1. The van der Waals surface area contributed by atoms with E-state index in [-0.39, 0.29) is 11.6 Å². The lowest BCUT2D eigenvalue weighted by Crippen LogP contribution is -2.47. The average Bonchev–Trinajstić information content (AvgIpc) is 3.05. The molecule has 0 aliphatic carbocycles. The molecule has 1 aromatic heterocycles. The minimum Gasteiger partial charge on any atom is -0.497 e. The lowest BCUT2D eigenvalue weighted by atomic mass is 9.88. The van der Waals surface area contributed by atoms with Crippen molar-refractivity contribution in [1.29, 1.82) is 0 Å². The van der Waals surface area contributed by atoms with Gasteiger partial charge in [-0.25, -0.2) is 9.97 Å². The van der Waals surface area contributed by atoms with Gasteiger partial charge in [0.25, 0.3) is 0 Å². The van der Waals surface area contributed by atoms with E-state index in [1.807, 2.05) is 18.2 Å². The van der Waals surface area contributed by atoms with E-state index in [0.717, 1.165) is 38.2 Å². The average molecular weight is 354 g/mol. The van der Waals surface area contributed by atoms with Gasteiger partial charge in [0, 0.05) is 31.9 Å². The Hall–Kier alpha value is -2.18. The maximum Gasteiger partial charge on any atom is 0.222 e. The Morgan fingerprint density at radius 1 is 1.27 bits per heavy atom. The molecule has 0 amide bonds. The molecular weight excluding hydrogens is 328 g/mol. The summed E-state index contributed by atoms with van der Waals surface area (Å²) in [6.07, 6.45) is 6.82. The summed E-state index contributed by atoms with van der Waals surface area (Å²) in [6, 6.07) is 10.5. The molecule has 26 heavy (non-hydrogen) atoms. The number of rotatable bonds is 5. The van der Waals surface area contributed by atoms with Gasteiger partial charge >= 0.3 is 0 Å². The maximum absolute atomic E-state index is 6.29. The molecule has 0 radical (unpaired) electrons. The van der Waals surface area contributed by atoms with E-state index in [0.29, 0.717) is 12.6 Å². The summed E-state index contributed by atoms with van der Waals surface area (Å²) >= 11 is 0. The number of hydrogen-bond donors (Lipinski definition) is 1.